The highest BCUT2D eigenvalue weighted by Gasteiger charge is 2.27. The Bertz CT molecular complexity index is 417. The van der Waals surface area contributed by atoms with E-state index >= 15 is 0 Å². The number of alkyl halides is 3. The molecule has 1 aromatic carbocycles. The third kappa shape index (κ3) is 5.25. The Balaban J connectivity index is 1.89. The molecule has 0 radical (unpaired) electrons. The zero-order chi connectivity index (χ0) is 14.4. The van der Waals surface area contributed by atoms with Crippen molar-refractivity contribution in [1.29, 1.82) is 0 Å². The second kappa shape index (κ2) is 7.22. The van der Waals surface area contributed by atoms with Crippen molar-refractivity contribution >= 4 is 17.4 Å². The van der Waals surface area contributed by atoms with Crippen LogP contribution in [0.5, 0.6) is 0 Å². The maximum absolute atomic E-state index is 12.3. The van der Waals surface area contributed by atoms with Gasteiger partial charge in [0.25, 0.3) is 0 Å². The van der Waals surface area contributed by atoms with Gasteiger partial charge < -0.3 is 10.6 Å². The van der Waals surface area contributed by atoms with Crippen LogP contribution in [0.25, 0.3) is 0 Å². The van der Waals surface area contributed by atoms with Crippen LogP contribution in [0.15, 0.2) is 29.2 Å². The molecule has 112 valence electrons. The molecule has 0 aliphatic carbocycles. The number of piperidine rings is 1. The van der Waals surface area contributed by atoms with Gasteiger partial charge in [-0.15, -0.1) is 11.8 Å². The summed E-state index contributed by atoms with van der Waals surface area (Å²) in [4.78, 5) is 0.653. The lowest BCUT2D eigenvalue weighted by atomic mass is 10.1. The molecule has 1 aliphatic rings. The normalized spacial score (nSPS) is 19.9. The van der Waals surface area contributed by atoms with E-state index < -0.39 is 11.9 Å². The lowest BCUT2D eigenvalue weighted by molar-refractivity contribution is -0.105. The number of thioether (sulfide) groups is 1. The Hall–Kier alpha value is -0.880. The summed E-state index contributed by atoms with van der Waals surface area (Å²) in [5.41, 5.74) is 0.786. The van der Waals surface area contributed by atoms with Crippen LogP contribution in [0.1, 0.15) is 19.3 Å². The van der Waals surface area contributed by atoms with Crippen molar-refractivity contribution in [3.63, 3.8) is 0 Å². The molecule has 0 amide bonds. The van der Waals surface area contributed by atoms with Gasteiger partial charge in [0, 0.05) is 23.2 Å². The molecular weight excluding hydrogens is 285 g/mol. The second-order valence-electron chi connectivity index (χ2n) is 4.93. The van der Waals surface area contributed by atoms with Crippen molar-refractivity contribution in [3.8, 4) is 0 Å². The van der Waals surface area contributed by atoms with Crippen molar-refractivity contribution in [2.75, 3.05) is 24.2 Å². The van der Waals surface area contributed by atoms with Gasteiger partial charge in [0.15, 0.2) is 0 Å². The van der Waals surface area contributed by atoms with Gasteiger partial charge in [-0.25, -0.2) is 0 Å². The summed E-state index contributed by atoms with van der Waals surface area (Å²) in [6.07, 6.45) is -0.605. The molecule has 1 saturated heterocycles. The smallest absolute Gasteiger partial charge is 0.383 e. The predicted octanol–water partition coefficient (Wildman–Crippen LogP) is 3.90. The van der Waals surface area contributed by atoms with E-state index in [4.69, 9.17) is 0 Å². The average molecular weight is 304 g/mol. The Morgan fingerprint density at radius 1 is 1.25 bits per heavy atom. The van der Waals surface area contributed by atoms with Crippen LogP contribution < -0.4 is 10.6 Å². The molecule has 0 saturated carbocycles. The van der Waals surface area contributed by atoms with Gasteiger partial charge in [0.1, 0.15) is 0 Å². The number of benzene rings is 1. The fourth-order valence-corrected chi connectivity index (χ4v) is 3.02. The van der Waals surface area contributed by atoms with Crippen molar-refractivity contribution in [3.05, 3.63) is 24.3 Å². The fraction of sp³-hybridized carbons (Fsp3) is 0.571. The number of halogens is 3. The third-order valence-corrected chi connectivity index (χ3v) is 4.37. The van der Waals surface area contributed by atoms with Crippen LogP contribution in [0.4, 0.5) is 18.9 Å². The zero-order valence-electron chi connectivity index (χ0n) is 11.2. The van der Waals surface area contributed by atoms with E-state index in [0.29, 0.717) is 10.9 Å². The molecule has 2 nitrogen and oxygen atoms in total. The number of nitrogens with one attached hydrogen (secondary N) is 2. The van der Waals surface area contributed by atoms with E-state index in [9.17, 15) is 13.2 Å². The minimum absolute atomic E-state index is 0.407. The molecule has 2 N–H and O–H groups in total. The van der Waals surface area contributed by atoms with Crippen LogP contribution in [0.3, 0.4) is 0 Å². The number of rotatable bonds is 5. The number of anilines is 1. The third-order valence-electron chi connectivity index (χ3n) is 3.23. The van der Waals surface area contributed by atoms with Crippen molar-refractivity contribution in [1.82, 2.24) is 5.32 Å². The van der Waals surface area contributed by atoms with E-state index in [-0.39, 0.29) is 0 Å². The predicted molar refractivity (Wildman–Crippen MR) is 77.4 cm³/mol. The van der Waals surface area contributed by atoms with Crippen LogP contribution in [-0.4, -0.2) is 31.1 Å². The van der Waals surface area contributed by atoms with Gasteiger partial charge in [-0.1, -0.05) is 18.6 Å². The summed E-state index contributed by atoms with van der Waals surface area (Å²) in [5, 5.41) is 6.68. The summed E-state index contributed by atoms with van der Waals surface area (Å²) < 4.78 is 36.9. The topological polar surface area (TPSA) is 24.1 Å². The molecule has 20 heavy (non-hydrogen) atoms. The van der Waals surface area contributed by atoms with E-state index in [1.165, 1.54) is 12.8 Å². The van der Waals surface area contributed by atoms with E-state index in [1.807, 2.05) is 12.1 Å². The quantitative estimate of drug-likeness (QED) is 0.807. The van der Waals surface area contributed by atoms with Crippen molar-refractivity contribution in [2.24, 2.45) is 0 Å². The SMILES string of the molecule is FC(F)(F)CSc1ccccc1NCC1CCCCN1. The van der Waals surface area contributed by atoms with E-state index in [2.05, 4.69) is 10.6 Å². The van der Waals surface area contributed by atoms with Gasteiger partial charge in [-0.2, -0.15) is 13.2 Å². The summed E-state index contributed by atoms with van der Waals surface area (Å²) in [7, 11) is 0. The van der Waals surface area contributed by atoms with Crippen LogP contribution >= 0.6 is 11.8 Å². The Labute approximate surface area is 121 Å². The molecule has 1 aromatic rings. The molecule has 6 heteroatoms. The summed E-state index contributed by atoms with van der Waals surface area (Å²) >= 11 is 0.833. The second-order valence-corrected chi connectivity index (χ2v) is 5.94. The molecule has 1 fully saturated rings. The van der Waals surface area contributed by atoms with Crippen LogP contribution in [0, 0.1) is 0 Å². The number of hydrogen-bond donors (Lipinski definition) is 2. The highest BCUT2D eigenvalue weighted by molar-refractivity contribution is 7.99. The largest absolute Gasteiger partial charge is 0.398 e. The minimum Gasteiger partial charge on any atom is -0.383 e. The monoisotopic (exact) mass is 304 g/mol. The first-order valence-corrected chi connectivity index (χ1v) is 7.79. The highest BCUT2D eigenvalue weighted by atomic mass is 32.2. The molecule has 2 rings (SSSR count). The molecule has 1 aliphatic heterocycles. The fourth-order valence-electron chi connectivity index (χ4n) is 2.23. The first-order valence-electron chi connectivity index (χ1n) is 6.80. The Morgan fingerprint density at radius 3 is 2.75 bits per heavy atom. The van der Waals surface area contributed by atoms with Gasteiger partial charge in [0.2, 0.25) is 0 Å². The van der Waals surface area contributed by atoms with E-state index in [0.717, 1.165) is 37.0 Å². The van der Waals surface area contributed by atoms with Crippen molar-refractivity contribution in [2.45, 2.75) is 36.4 Å². The first kappa shape index (κ1) is 15.5. The minimum atomic E-state index is -4.14. The molecule has 0 bridgehead atoms. The Kier molecular flexibility index (Phi) is 5.60. The first-order chi connectivity index (χ1) is 9.54. The zero-order valence-corrected chi connectivity index (χ0v) is 12.0. The number of para-hydroxylation sites is 1. The average Bonchev–Trinajstić information content (AvgIpc) is 2.44. The van der Waals surface area contributed by atoms with Gasteiger partial charge in [0.05, 0.1) is 5.75 Å². The summed E-state index contributed by atoms with van der Waals surface area (Å²) in [6.45, 7) is 1.78. The summed E-state index contributed by atoms with van der Waals surface area (Å²) in [6, 6.07) is 7.58. The molecule has 1 heterocycles. The van der Waals surface area contributed by atoms with Crippen LogP contribution in [0.2, 0.25) is 0 Å². The molecule has 1 unspecified atom stereocenters. The standard InChI is InChI=1S/C14H19F3N2S/c15-14(16,17)10-20-13-7-2-1-6-12(13)19-9-11-5-3-4-8-18-11/h1-2,6-7,11,18-19H,3-5,8-10H2. The molecular formula is C14H19F3N2S. The summed E-state index contributed by atoms with van der Waals surface area (Å²) in [5.74, 6) is -0.854. The van der Waals surface area contributed by atoms with Crippen LogP contribution in [-0.2, 0) is 0 Å². The lowest BCUT2D eigenvalue weighted by Crippen LogP contribution is -2.39. The molecule has 0 spiro atoms. The highest BCUT2D eigenvalue weighted by Crippen LogP contribution is 2.32. The van der Waals surface area contributed by atoms with Crippen molar-refractivity contribution < 1.29 is 13.2 Å². The lowest BCUT2D eigenvalue weighted by Gasteiger charge is -2.24. The number of hydrogen-bond acceptors (Lipinski definition) is 3. The van der Waals surface area contributed by atoms with E-state index in [1.54, 1.807) is 12.1 Å². The Morgan fingerprint density at radius 2 is 2.05 bits per heavy atom. The van der Waals surface area contributed by atoms with Gasteiger partial charge in [-0.05, 0) is 31.5 Å². The maximum Gasteiger partial charge on any atom is 0.398 e. The maximum atomic E-state index is 12.3. The van der Waals surface area contributed by atoms with Gasteiger partial charge >= 0.3 is 6.18 Å². The molecule has 0 aromatic heterocycles. The molecule has 1 atom stereocenters. The van der Waals surface area contributed by atoms with Gasteiger partial charge in [-0.3, -0.25) is 0 Å².